The second-order valence-corrected chi connectivity index (χ2v) is 19.0. The number of unbranched alkanes of at least 4 members (excludes halogenated alkanes) is 24. The zero-order chi connectivity index (χ0) is 50.6. The topological polar surface area (TPSA) is 72.8 Å². The summed E-state index contributed by atoms with van der Waals surface area (Å²) in [4.78, 5) is 24.6. The van der Waals surface area contributed by atoms with E-state index in [1.54, 1.807) is 0 Å². The highest BCUT2D eigenvalue weighted by molar-refractivity contribution is 5.70. The number of allylic oxidation sites excluding steroid dienone is 20. The predicted molar refractivity (Wildman–Crippen MR) is 306 cm³/mol. The number of esters is 2. The zero-order valence-electron chi connectivity index (χ0n) is 45.5. The Morgan fingerprint density at radius 1 is 0.329 bits per heavy atom. The highest BCUT2D eigenvalue weighted by Crippen LogP contribution is 2.16. The first kappa shape index (κ1) is 66.3. The summed E-state index contributed by atoms with van der Waals surface area (Å²) in [7, 11) is 0. The van der Waals surface area contributed by atoms with Crippen molar-refractivity contribution in [1.29, 1.82) is 0 Å². The number of aliphatic hydroxyl groups is 1. The Balaban J connectivity index is 3.52. The van der Waals surface area contributed by atoms with E-state index in [-0.39, 0.29) is 25.2 Å². The van der Waals surface area contributed by atoms with Crippen molar-refractivity contribution in [3.8, 4) is 0 Å². The third-order valence-corrected chi connectivity index (χ3v) is 12.3. The molecule has 0 saturated carbocycles. The summed E-state index contributed by atoms with van der Waals surface area (Å²) in [5.74, 6) is -0.607. The fourth-order valence-electron chi connectivity index (χ4n) is 7.96. The van der Waals surface area contributed by atoms with Crippen LogP contribution in [0.4, 0.5) is 0 Å². The van der Waals surface area contributed by atoms with Crippen LogP contribution >= 0.6 is 0 Å². The van der Waals surface area contributed by atoms with Gasteiger partial charge in [0.2, 0.25) is 0 Å². The quantitative estimate of drug-likeness (QED) is 0.0374. The largest absolute Gasteiger partial charge is 0.462 e. The van der Waals surface area contributed by atoms with Gasteiger partial charge in [0, 0.05) is 12.8 Å². The van der Waals surface area contributed by atoms with E-state index in [1.807, 2.05) is 0 Å². The highest BCUT2D eigenvalue weighted by atomic mass is 16.6. The minimum absolute atomic E-state index is 0.0769. The van der Waals surface area contributed by atoms with Gasteiger partial charge in [-0.1, -0.05) is 264 Å². The summed E-state index contributed by atoms with van der Waals surface area (Å²) in [6.07, 6.45) is 87.4. The molecule has 0 amide bonds. The lowest BCUT2D eigenvalue weighted by Crippen LogP contribution is -2.28. The Hall–Kier alpha value is -3.70. The van der Waals surface area contributed by atoms with Crippen LogP contribution in [0.1, 0.15) is 258 Å². The minimum atomic E-state index is -0.788. The first-order valence-corrected chi connectivity index (χ1v) is 29.1. The van der Waals surface area contributed by atoms with Gasteiger partial charge in [-0.3, -0.25) is 9.59 Å². The molecule has 0 heterocycles. The SMILES string of the molecule is CC/C=C\C/C=C\C/C=C\C/C=C\C/C=C\C/C=C\CCCCCCCCC(=O)OC(CO)COC(=O)CCCCCCCCCCCCCCCCCCCC/C=C\C/C=C\C/C=C\C/C=C\CC. The van der Waals surface area contributed by atoms with Gasteiger partial charge in [0.05, 0.1) is 6.61 Å². The number of hydrogen-bond donors (Lipinski definition) is 1. The van der Waals surface area contributed by atoms with Gasteiger partial charge in [0.25, 0.3) is 0 Å². The molecule has 0 aromatic rings. The van der Waals surface area contributed by atoms with Crippen molar-refractivity contribution in [3.63, 3.8) is 0 Å². The first-order chi connectivity index (χ1) is 34.6. The molecule has 70 heavy (non-hydrogen) atoms. The second kappa shape index (κ2) is 59.6. The van der Waals surface area contributed by atoms with E-state index in [1.165, 1.54) is 122 Å². The molecule has 0 aliphatic carbocycles. The maximum absolute atomic E-state index is 12.3. The Bertz CT molecular complexity index is 1420. The number of aliphatic hydroxyl groups excluding tert-OH is 1. The Labute approximate surface area is 433 Å². The van der Waals surface area contributed by atoms with Crippen LogP contribution in [0.25, 0.3) is 0 Å². The summed E-state index contributed by atoms with van der Waals surface area (Å²) >= 11 is 0. The molecule has 0 fully saturated rings. The number of carbonyl (C=O) groups excluding carboxylic acids is 2. The normalized spacial score (nSPS) is 13.1. The summed E-state index contributed by atoms with van der Waals surface area (Å²) < 4.78 is 10.7. The molecule has 0 aromatic carbocycles. The van der Waals surface area contributed by atoms with Gasteiger partial charge in [-0.2, -0.15) is 0 Å². The minimum Gasteiger partial charge on any atom is -0.462 e. The van der Waals surface area contributed by atoms with E-state index in [0.29, 0.717) is 12.8 Å². The molecule has 0 bridgehead atoms. The van der Waals surface area contributed by atoms with Crippen molar-refractivity contribution in [2.75, 3.05) is 13.2 Å². The van der Waals surface area contributed by atoms with Crippen molar-refractivity contribution in [2.24, 2.45) is 0 Å². The van der Waals surface area contributed by atoms with E-state index in [0.717, 1.165) is 109 Å². The summed E-state index contributed by atoms with van der Waals surface area (Å²) in [6.45, 7) is 3.91. The Kier molecular flexibility index (Phi) is 56.5. The van der Waals surface area contributed by atoms with Crippen molar-refractivity contribution >= 4 is 11.9 Å². The monoisotopic (exact) mass is 969 g/mol. The lowest BCUT2D eigenvalue weighted by molar-refractivity contribution is -0.161. The van der Waals surface area contributed by atoms with Crippen LogP contribution in [0.5, 0.6) is 0 Å². The van der Waals surface area contributed by atoms with Crippen LogP contribution in [-0.4, -0.2) is 36.4 Å². The standard InChI is InChI=1S/C65H108O5/c1-3-5-7-9-11-13-15-17-19-21-23-25-27-29-30-31-32-33-34-36-37-39-41-43-45-47-49-51-53-55-57-59-64(67)69-62-63(61-66)70-65(68)60-58-56-54-52-50-48-46-44-42-40-38-35-28-26-24-22-20-18-16-14-12-10-8-6-4-2/h5-8,11-14,17-20,23-26,35,38,42,44,63,66H,3-4,9-10,15-16,21-22,27-34,36-37,39-41,43,45-62H2,1-2H3/b7-5-,8-6-,13-11-,14-12-,19-17-,20-18-,25-23-,26-24-,38-35-,44-42-. The fourth-order valence-corrected chi connectivity index (χ4v) is 7.96. The number of hydrogen-bond acceptors (Lipinski definition) is 5. The zero-order valence-corrected chi connectivity index (χ0v) is 45.5. The van der Waals surface area contributed by atoms with Crippen LogP contribution in [0, 0.1) is 0 Å². The lowest BCUT2D eigenvalue weighted by Gasteiger charge is -2.15. The summed E-state index contributed by atoms with van der Waals surface area (Å²) in [5.41, 5.74) is 0. The van der Waals surface area contributed by atoms with Crippen molar-refractivity contribution in [1.82, 2.24) is 0 Å². The van der Waals surface area contributed by atoms with Crippen molar-refractivity contribution in [3.05, 3.63) is 122 Å². The molecular formula is C65H108O5. The molecule has 0 aliphatic rings. The molecule has 1 unspecified atom stereocenters. The number of ether oxygens (including phenoxy) is 2. The molecule has 0 spiro atoms. The maximum atomic E-state index is 12.3. The average Bonchev–Trinajstić information content (AvgIpc) is 3.36. The predicted octanol–water partition coefficient (Wildman–Crippen LogP) is 19.9. The van der Waals surface area contributed by atoms with Gasteiger partial charge >= 0.3 is 11.9 Å². The van der Waals surface area contributed by atoms with E-state index < -0.39 is 6.10 Å². The first-order valence-electron chi connectivity index (χ1n) is 29.1. The van der Waals surface area contributed by atoms with E-state index in [9.17, 15) is 14.7 Å². The van der Waals surface area contributed by atoms with Crippen LogP contribution in [0.2, 0.25) is 0 Å². The molecule has 0 radical (unpaired) electrons. The molecule has 1 N–H and O–H groups in total. The number of carbonyl (C=O) groups is 2. The van der Waals surface area contributed by atoms with Gasteiger partial charge in [-0.05, 0) is 103 Å². The third kappa shape index (κ3) is 56.9. The third-order valence-electron chi connectivity index (χ3n) is 12.3. The Morgan fingerprint density at radius 2 is 0.571 bits per heavy atom. The van der Waals surface area contributed by atoms with Gasteiger partial charge in [0.1, 0.15) is 6.61 Å². The maximum Gasteiger partial charge on any atom is 0.306 e. The number of rotatable bonds is 52. The smallest absolute Gasteiger partial charge is 0.306 e. The van der Waals surface area contributed by atoms with Crippen molar-refractivity contribution < 1.29 is 24.2 Å². The summed E-state index contributed by atoms with van der Waals surface area (Å²) in [5, 5.41) is 9.66. The summed E-state index contributed by atoms with van der Waals surface area (Å²) in [6, 6.07) is 0. The Morgan fingerprint density at radius 3 is 0.857 bits per heavy atom. The highest BCUT2D eigenvalue weighted by Gasteiger charge is 2.16. The molecule has 0 aliphatic heterocycles. The van der Waals surface area contributed by atoms with Gasteiger partial charge in [0.15, 0.2) is 6.10 Å². The van der Waals surface area contributed by atoms with E-state index in [2.05, 4.69) is 135 Å². The molecular weight excluding hydrogens is 861 g/mol. The molecule has 0 aromatic heterocycles. The van der Waals surface area contributed by atoms with Crippen molar-refractivity contribution in [2.45, 2.75) is 264 Å². The molecule has 5 heteroatoms. The van der Waals surface area contributed by atoms with Gasteiger partial charge < -0.3 is 14.6 Å². The van der Waals surface area contributed by atoms with Crippen LogP contribution in [0.3, 0.4) is 0 Å². The lowest BCUT2D eigenvalue weighted by atomic mass is 10.0. The molecule has 1 atom stereocenters. The molecule has 0 rings (SSSR count). The van der Waals surface area contributed by atoms with Gasteiger partial charge in [-0.15, -0.1) is 0 Å². The molecule has 398 valence electrons. The van der Waals surface area contributed by atoms with Crippen LogP contribution in [0.15, 0.2) is 122 Å². The molecule has 5 nitrogen and oxygen atoms in total. The van der Waals surface area contributed by atoms with E-state index in [4.69, 9.17) is 9.47 Å². The van der Waals surface area contributed by atoms with E-state index >= 15 is 0 Å². The van der Waals surface area contributed by atoms with Crippen LogP contribution in [-0.2, 0) is 19.1 Å². The fraction of sp³-hybridized carbons (Fsp3) is 0.662. The average molecular weight is 970 g/mol. The second-order valence-electron chi connectivity index (χ2n) is 19.0. The van der Waals surface area contributed by atoms with Gasteiger partial charge in [-0.25, -0.2) is 0 Å². The van der Waals surface area contributed by atoms with Crippen LogP contribution < -0.4 is 0 Å². The molecule has 0 saturated heterocycles.